The van der Waals surface area contributed by atoms with Crippen LogP contribution in [0.1, 0.15) is 61.0 Å². The van der Waals surface area contributed by atoms with Crippen molar-refractivity contribution in [3.8, 4) is 11.8 Å². The Hall–Kier alpha value is -2.93. The van der Waals surface area contributed by atoms with E-state index in [-0.39, 0.29) is 18.1 Å². The van der Waals surface area contributed by atoms with E-state index in [4.69, 9.17) is 21.6 Å². The van der Waals surface area contributed by atoms with Gasteiger partial charge in [0.2, 0.25) is 0 Å². The Morgan fingerprint density at radius 1 is 1.05 bits per heavy atom. The molecule has 2 aromatic rings. The number of benzene rings is 1. The van der Waals surface area contributed by atoms with Crippen molar-refractivity contribution < 1.29 is 9.53 Å². The first-order chi connectivity index (χ1) is 19.1. The SMILES string of the molecule is N#Cc1ccc(OC2CCC(NC(=O)c3ccc(N4CCC(CCN5CCNCC5)CC4)nn3)CC2)cc1Cl. The van der Waals surface area contributed by atoms with Crippen LogP contribution in [0.25, 0.3) is 0 Å². The van der Waals surface area contributed by atoms with Crippen molar-refractivity contribution in [2.45, 2.75) is 57.1 Å². The highest BCUT2D eigenvalue weighted by Gasteiger charge is 2.25. The molecule has 1 saturated carbocycles. The summed E-state index contributed by atoms with van der Waals surface area (Å²) in [5, 5.41) is 24.6. The van der Waals surface area contributed by atoms with Gasteiger partial charge in [0.15, 0.2) is 11.5 Å². The number of ether oxygens (including phenoxy) is 1. The van der Waals surface area contributed by atoms with Gasteiger partial charge >= 0.3 is 0 Å². The number of nitrogens with one attached hydrogen (secondary N) is 2. The molecule has 39 heavy (non-hydrogen) atoms. The largest absolute Gasteiger partial charge is 0.490 e. The Morgan fingerprint density at radius 3 is 2.49 bits per heavy atom. The van der Waals surface area contributed by atoms with Crippen LogP contribution < -0.4 is 20.3 Å². The van der Waals surface area contributed by atoms with Crippen LogP contribution in [0.5, 0.6) is 5.75 Å². The number of aromatic nitrogens is 2. The van der Waals surface area contributed by atoms with E-state index in [0.717, 1.165) is 63.6 Å². The van der Waals surface area contributed by atoms with Gasteiger partial charge in [0.05, 0.1) is 16.7 Å². The summed E-state index contributed by atoms with van der Waals surface area (Å²) in [5.74, 6) is 2.12. The van der Waals surface area contributed by atoms with Gasteiger partial charge in [-0.1, -0.05) is 11.6 Å². The van der Waals surface area contributed by atoms with E-state index in [1.165, 1.54) is 38.9 Å². The normalized spacial score (nSPS) is 22.7. The third kappa shape index (κ3) is 7.59. The average molecular weight is 552 g/mol. The molecule has 0 bridgehead atoms. The molecule has 9 nitrogen and oxygen atoms in total. The van der Waals surface area contributed by atoms with E-state index in [0.29, 0.717) is 22.0 Å². The third-order valence-electron chi connectivity index (χ3n) is 8.26. The number of nitrogens with zero attached hydrogens (tertiary/aromatic N) is 5. The molecule has 0 unspecified atom stereocenters. The Morgan fingerprint density at radius 2 is 1.82 bits per heavy atom. The summed E-state index contributed by atoms with van der Waals surface area (Å²) in [6.45, 7) is 7.74. The zero-order chi connectivity index (χ0) is 27.0. The fraction of sp³-hybridized carbons (Fsp3) is 0.586. The average Bonchev–Trinajstić information content (AvgIpc) is 2.98. The minimum Gasteiger partial charge on any atom is -0.490 e. The molecule has 2 N–H and O–H groups in total. The van der Waals surface area contributed by atoms with Gasteiger partial charge in [-0.15, -0.1) is 10.2 Å². The van der Waals surface area contributed by atoms with Gasteiger partial charge in [-0.25, -0.2) is 0 Å². The molecule has 1 aliphatic carbocycles. The van der Waals surface area contributed by atoms with Crippen molar-refractivity contribution >= 4 is 23.3 Å². The maximum Gasteiger partial charge on any atom is 0.272 e. The lowest BCUT2D eigenvalue weighted by atomic mass is 9.92. The molecule has 3 aliphatic rings. The van der Waals surface area contributed by atoms with E-state index >= 15 is 0 Å². The first kappa shape index (κ1) is 27.6. The number of hydrogen-bond donors (Lipinski definition) is 2. The number of nitriles is 1. The van der Waals surface area contributed by atoms with Crippen LogP contribution in [-0.2, 0) is 0 Å². The lowest BCUT2D eigenvalue weighted by molar-refractivity contribution is 0.0888. The van der Waals surface area contributed by atoms with Crippen LogP contribution in [0, 0.1) is 17.2 Å². The smallest absolute Gasteiger partial charge is 0.272 e. The molecular weight excluding hydrogens is 514 g/mol. The highest BCUT2D eigenvalue weighted by atomic mass is 35.5. The Bertz CT molecular complexity index is 1130. The van der Waals surface area contributed by atoms with E-state index in [1.807, 2.05) is 6.07 Å². The van der Waals surface area contributed by atoms with Gasteiger partial charge in [0.25, 0.3) is 5.91 Å². The minimum absolute atomic E-state index is 0.0624. The van der Waals surface area contributed by atoms with Crippen LogP contribution in [0.3, 0.4) is 0 Å². The van der Waals surface area contributed by atoms with Crippen LogP contribution in [0.15, 0.2) is 30.3 Å². The van der Waals surface area contributed by atoms with Crippen molar-refractivity contribution in [2.75, 3.05) is 50.7 Å². The molecule has 0 spiro atoms. The summed E-state index contributed by atoms with van der Waals surface area (Å²) in [6, 6.07) is 11.0. The van der Waals surface area contributed by atoms with E-state index < -0.39 is 0 Å². The third-order valence-corrected chi connectivity index (χ3v) is 8.57. The standard InChI is InChI=1S/C29H38ClN7O2/c30-26-19-25(4-1-22(26)20-31)39-24-5-2-23(3-6-24)33-29(38)27-7-8-28(35-34-27)37-15-10-21(11-16-37)9-14-36-17-12-32-13-18-36/h1,4,7-8,19,21,23-24,32H,2-3,5-6,9-18H2,(H,33,38). The lowest BCUT2D eigenvalue weighted by Crippen LogP contribution is -2.44. The van der Waals surface area contributed by atoms with Crippen LogP contribution >= 0.6 is 11.6 Å². The molecular formula is C29H38ClN7O2. The Kier molecular flexibility index (Phi) is 9.51. The zero-order valence-electron chi connectivity index (χ0n) is 22.4. The van der Waals surface area contributed by atoms with Gasteiger partial charge in [-0.05, 0) is 81.7 Å². The molecule has 208 valence electrons. The number of anilines is 1. The number of rotatable bonds is 8. The molecule has 0 radical (unpaired) electrons. The van der Waals surface area contributed by atoms with Crippen LogP contribution in [0.2, 0.25) is 5.02 Å². The van der Waals surface area contributed by atoms with Crippen molar-refractivity contribution in [3.63, 3.8) is 0 Å². The zero-order valence-corrected chi connectivity index (χ0v) is 23.2. The molecule has 1 aromatic carbocycles. The second-order valence-corrected chi connectivity index (χ2v) is 11.3. The van der Waals surface area contributed by atoms with E-state index in [2.05, 4.69) is 36.7 Å². The van der Waals surface area contributed by atoms with E-state index in [9.17, 15) is 4.79 Å². The number of carbonyl (C=O) groups is 1. The summed E-state index contributed by atoms with van der Waals surface area (Å²) < 4.78 is 6.05. The van der Waals surface area contributed by atoms with E-state index in [1.54, 1.807) is 24.3 Å². The van der Waals surface area contributed by atoms with Gasteiger partial charge < -0.3 is 25.2 Å². The maximum atomic E-state index is 12.8. The van der Waals surface area contributed by atoms with Gasteiger partial charge in [0, 0.05) is 51.4 Å². The van der Waals surface area contributed by atoms with Gasteiger partial charge in [-0.2, -0.15) is 5.26 Å². The summed E-state index contributed by atoms with van der Waals surface area (Å²) >= 11 is 6.11. The first-order valence-corrected chi connectivity index (χ1v) is 14.6. The summed E-state index contributed by atoms with van der Waals surface area (Å²) in [4.78, 5) is 17.7. The van der Waals surface area contributed by atoms with Gasteiger partial charge in [-0.3, -0.25) is 4.79 Å². The summed E-state index contributed by atoms with van der Waals surface area (Å²) in [5.41, 5.74) is 0.795. The first-order valence-electron chi connectivity index (χ1n) is 14.3. The van der Waals surface area contributed by atoms with Gasteiger partial charge in [0.1, 0.15) is 11.8 Å². The predicted octanol–water partition coefficient (Wildman–Crippen LogP) is 3.63. The second-order valence-electron chi connectivity index (χ2n) is 10.9. The van der Waals surface area contributed by atoms with Crippen molar-refractivity contribution in [3.05, 3.63) is 46.6 Å². The van der Waals surface area contributed by atoms with Crippen LogP contribution in [0.4, 0.5) is 5.82 Å². The van der Waals surface area contributed by atoms with Crippen molar-refractivity contribution in [1.82, 2.24) is 25.7 Å². The van der Waals surface area contributed by atoms with Crippen LogP contribution in [-0.4, -0.2) is 79.0 Å². The molecule has 2 aliphatic heterocycles. The highest BCUT2D eigenvalue weighted by Crippen LogP contribution is 2.28. The number of carbonyl (C=O) groups excluding carboxylic acids is 1. The summed E-state index contributed by atoms with van der Waals surface area (Å²) in [7, 11) is 0. The number of hydrogen-bond acceptors (Lipinski definition) is 8. The monoisotopic (exact) mass is 551 g/mol. The molecule has 1 aromatic heterocycles. The number of amides is 1. The molecule has 0 atom stereocenters. The maximum absolute atomic E-state index is 12.8. The quantitative estimate of drug-likeness (QED) is 0.512. The predicted molar refractivity (Wildman–Crippen MR) is 151 cm³/mol. The molecule has 3 fully saturated rings. The topological polar surface area (TPSA) is 106 Å². The second kappa shape index (κ2) is 13.4. The minimum atomic E-state index is -0.177. The number of halogens is 1. The lowest BCUT2D eigenvalue weighted by Gasteiger charge is -2.34. The fourth-order valence-corrected chi connectivity index (χ4v) is 6.02. The molecule has 2 saturated heterocycles. The summed E-state index contributed by atoms with van der Waals surface area (Å²) in [6.07, 6.45) is 7.02. The number of piperazine rings is 1. The van der Waals surface area contributed by atoms with Crippen molar-refractivity contribution in [1.29, 1.82) is 5.26 Å². The highest BCUT2D eigenvalue weighted by molar-refractivity contribution is 6.31. The Labute approximate surface area is 235 Å². The molecule has 1 amide bonds. The Balaban J connectivity index is 1.02. The molecule has 3 heterocycles. The van der Waals surface area contributed by atoms with Crippen molar-refractivity contribution in [2.24, 2.45) is 5.92 Å². The number of piperidine rings is 1. The molecule has 5 rings (SSSR count). The fourth-order valence-electron chi connectivity index (χ4n) is 5.80. The molecule has 10 heteroatoms.